The monoisotopic (exact) mass is 383 g/mol. The zero-order valence-corrected chi connectivity index (χ0v) is 17.1. The van der Waals surface area contributed by atoms with Crippen molar-refractivity contribution < 1.29 is 9.26 Å². The molecule has 3 aromatic rings. The first-order valence-electron chi connectivity index (χ1n) is 9.80. The van der Waals surface area contributed by atoms with Crippen LogP contribution >= 0.6 is 0 Å². The minimum Gasteiger partial charge on any atom is -0.378 e. The van der Waals surface area contributed by atoms with E-state index in [9.17, 15) is 0 Å². The van der Waals surface area contributed by atoms with Gasteiger partial charge in [0.05, 0.1) is 24.1 Å². The molecule has 0 aliphatic rings. The summed E-state index contributed by atoms with van der Waals surface area (Å²) in [5.41, 5.74) is 3.93. The highest BCUT2D eigenvalue weighted by molar-refractivity contribution is 5.61. The molecule has 0 aliphatic carbocycles. The predicted octanol–water partition coefficient (Wildman–Crippen LogP) is 3.90. The number of benzene rings is 1. The van der Waals surface area contributed by atoms with Crippen molar-refractivity contribution in [2.45, 2.75) is 46.9 Å². The zero-order chi connectivity index (χ0) is 19.9. The fourth-order valence-corrected chi connectivity index (χ4v) is 3.01. The molecule has 1 aromatic carbocycles. The maximum atomic E-state index is 5.54. The van der Waals surface area contributed by atoms with E-state index < -0.39 is 0 Å². The highest BCUT2D eigenvalue weighted by Crippen LogP contribution is 2.26. The molecular formula is C21H29N5O2. The normalized spacial score (nSPS) is 11.5. The molecule has 0 bridgehead atoms. The van der Waals surface area contributed by atoms with Crippen LogP contribution in [0.5, 0.6) is 0 Å². The number of nitrogens with one attached hydrogen (secondary N) is 1. The van der Waals surface area contributed by atoms with Gasteiger partial charge in [-0.1, -0.05) is 50.2 Å². The fourth-order valence-electron chi connectivity index (χ4n) is 3.01. The lowest BCUT2D eigenvalue weighted by Gasteiger charge is -2.09. The van der Waals surface area contributed by atoms with E-state index in [-0.39, 0.29) is 0 Å². The molecule has 0 radical (unpaired) electrons. The van der Waals surface area contributed by atoms with Crippen LogP contribution in [0.15, 0.2) is 35.0 Å². The molecule has 2 heterocycles. The van der Waals surface area contributed by atoms with E-state index in [2.05, 4.69) is 53.5 Å². The predicted molar refractivity (Wildman–Crippen MR) is 109 cm³/mol. The summed E-state index contributed by atoms with van der Waals surface area (Å²) in [6, 6.07) is 8.22. The Labute approximate surface area is 166 Å². The number of methoxy groups -OCH3 is 1. The molecule has 0 amide bonds. The quantitative estimate of drug-likeness (QED) is 0.535. The Hall–Kier alpha value is -2.51. The van der Waals surface area contributed by atoms with Gasteiger partial charge in [-0.15, -0.1) is 0 Å². The number of rotatable bonds is 10. The zero-order valence-electron chi connectivity index (χ0n) is 17.1. The summed E-state index contributed by atoms with van der Waals surface area (Å²) < 4.78 is 12.8. The Kier molecular flexibility index (Phi) is 6.95. The standard InChI is InChI=1S/C21H29N5O2/c1-5-10-22-11-16-6-8-17(9-7-16)20-24-21(28-25-20)18-12-23-26(13-15(2)3)19(18)14-27-4/h6-9,12,15,22H,5,10-11,13-14H2,1-4H3. The van der Waals surface area contributed by atoms with Gasteiger partial charge >= 0.3 is 0 Å². The van der Waals surface area contributed by atoms with Crippen molar-refractivity contribution in [1.82, 2.24) is 25.2 Å². The molecule has 7 heteroatoms. The van der Waals surface area contributed by atoms with Gasteiger partial charge < -0.3 is 14.6 Å². The van der Waals surface area contributed by atoms with Crippen molar-refractivity contribution in [2.24, 2.45) is 5.92 Å². The molecular weight excluding hydrogens is 354 g/mol. The third-order valence-corrected chi connectivity index (χ3v) is 4.39. The van der Waals surface area contributed by atoms with Crippen LogP contribution in [-0.2, 0) is 24.4 Å². The molecule has 7 nitrogen and oxygen atoms in total. The van der Waals surface area contributed by atoms with Crippen molar-refractivity contribution >= 4 is 0 Å². The van der Waals surface area contributed by atoms with Gasteiger partial charge in [-0.05, 0) is 24.4 Å². The second kappa shape index (κ2) is 9.61. The number of nitrogens with zero attached hydrogens (tertiary/aromatic N) is 4. The molecule has 150 valence electrons. The van der Waals surface area contributed by atoms with Crippen molar-refractivity contribution in [3.63, 3.8) is 0 Å². The van der Waals surface area contributed by atoms with Crippen molar-refractivity contribution in [3.05, 3.63) is 41.7 Å². The second-order valence-electron chi connectivity index (χ2n) is 7.31. The van der Waals surface area contributed by atoms with Gasteiger partial charge in [-0.25, -0.2) is 0 Å². The summed E-state index contributed by atoms with van der Waals surface area (Å²) in [5, 5.41) is 12.0. The van der Waals surface area contributed by atoms with Crippen LogP contribution in [0, 0.1) is 5.92 Å². The lowest BCUT2D eigenvalue weighted by atomic mass is 10.1. The maximum absolute atomic E-state index is 5.54. The lowest BCUT2D eigenvalue weighted by Crippen LogP contribution is -2.13. The molecule has 0 atom stereocenters. The van der Waals surface area contributed by atoms with E-state index >= 15 is 0 Å². The van der Waals surface area contributed by atoms with Gasteiger partial charge in [0.2, 0.25) is 5.82 Å². The maximum Gasteiger partial charge on any atom is 0.261 e. The molecule has 2 aromatic heterocycles. The van der Waals surface area contributed by atoms with Gasteiger partial charge in [-0.2, -0.15) is 10.1 Å². The van der Waals surface area contributed by atoms with Gasteiger partial charge in [0, 0.05) is 25.8 Å². The molecule has 3 rings (SSSR count). The van der Waals surface area contributed by atoms with E-state index in [1.54, 1.807) is 13.3 Å². The molecule has 28 heavy (non-hydrogen) atoms. The molecule has 1 N–H and O–H groups in total. The van der Waals surface area contributed by atoms with Crippen molar-refractivity contribution in [3.8, 4) is 22.8 Å². The first kappa shape index (κ1) is 20.2. The SMILES string of the molecule is CCCNCc1ccc(-c2noc(-c3cnn(CC(C)C)c3COC)n2)cc1. The summed E-state index contributed by atoms with van der Waals surface area (Å²) >= 11 is 0. The van der Waals surface area contributed by atoms with E-state index in [4.69, 9.17) is 9.26 Å². The van der Waals surface area contributed by atoms with Crippen LogP contribution in [0.4, 0.5) is 0 Å². The molecule has 0 aliphatic heterocycles. The van der Waals surface area contributed by atoms with E-state index in [1.807, 2.05) is 16.8 Å². The molecule has 0 spiro atoms. The largest absolute Gasteiger partial charge is 0.378 e. The highest BCUT2D eigenvalue weighted by Gasteiger charge is 2.19. The average molecular weight is 383 g/mol. The number of aromatic nitrogens is 4. The van der Waals surface area contributed by atoms with Crippen LogP contribution in [0.3, 0.4) is 0 Å². The average Bonchev–Trinajstić information content (AvgIpc) is 3.30. The Balaban J connectivity index is 1.79. The third kappa shape index (κ3) is 4.85. The van der Waals surface area contributed by atoms with Gasteiger partial charge in [-0.3, -0.25) is 4.68 Å². The summed E-state index contributed by atoms with van der Waals surface area (Å²) in [6.07, 6.45) is 2.90. The number of ether oxygens (including phenoxy) is 1. The summed E-state index contributed by atoms with van der Waals surface area (Å²) in [6.45, 7) is 9.61. The fraction of sp³-hybridized carbons (Fsp3) is 0.476. The Morgan fingerprint density at radius 1 is 1.21 bits per heavy atom. The van der Waals surface area contributed by atoms with Crippen LogP contribution in [-0.4, -0.2) is 33.6 Å². The van der Waals surface area contributed by atoms with Crippen molar-refractivity contribution in [1.29, 1.82) is 0 Å². The topological polar surface area (TPSA) is 78.0 Å². The molecule has 0 unspecified atom stereocenters. The molecule has 0 saturated heterocycles. The van der Waals surface area contributed by atoms with Gasteiger partial charge in [0.1, 0.15) is 0 Å². The first-order chi connectivity index (χ1) is 13.6. The first-order valence-corrected chi connectivity index (χ1v) is 9.80. The number of hydrogen-bond acceptors (Lipinski definition) is 6. The van der Waals surface area contributed by atoms with Crippen LogP contribution < -0.4 is 5.32 Å². The Morgan fingerprint density at radius 2 is 2.00 bits per heavy atom. The summed E-state index contributed by atoms with van der Waals surface area (Å²) in [7, 11) is 1.67. The molecule has 0 fully saturated rings. The minimum absolute atomic E-state index is 0.444. The van der Waals surface area contributed by atoms with Crippen LogP contribution in [0.2, 0.25) is 0 Å². The minimum atomic E-state index is 0.444. The Bertz CT molecular complexity index is 867. The lowest BCUT2D eigenvalue weighted by molar-refractivity contribution is 0.175. The van der Waals surface area contributed by atoms with E-state index in [1.165, 1.54) is 5.56 Å². The van der Waals surface area contributed by atoms with Gasteiger partial charge in [0.25, 0.3) is 5.89 Å². The van der Waals surface area contributed by atoms with E-state index in [0.29, 0.717) is 24.2 Å². The Morgan fingerprint density at radius 3 is 2.68 bits per heavy atom. The highest BCUT2D eigenvalue weighted by atomic mass is 16.5. The number of hydrogen-bond donors (Lipinski definition) is 1. The van der Waals surface area contributed by atoms with E-state index in [0.717, 1.165) is 42.9 Å². The third-order valence-electron chi connectivity index (χ3n) is 4.39. The summed E-state index contributed by atoms with van der Waals surface area (Å²) in [4.78, 5) is 4.59. The van der Waals surface area contributed by atoms with Crippen LogP contribution in [0.1, 0.15) is 38.4 Å². The van der Waals surface area contributed by atoms with Crippen molar-refractivity contribution in [2.75, 3.05) is 13.7 Å². The second-order valence-corrected chi connectivity index (χ2v) is 7.31. The summed E-state index contributed by atoms with van der Waals surface area (Å²) in [5.74, 6) is 1.51. The van der Waals surface area contributed by atoms with Gasteiger partial charge in [0.15, 0.2) is 0 Å². The molecule has 0 saturated carbocycles. The van der Waals surface area contributed by atoms with Crippen LogP contribution in [0.25, 0.3) is 22.8 Å². The smallest absolute Gasteiger partial charge is 0.261 e.